The molecule has 0 N–H and O–H groups in total. The molecule has 0 aromatic heterocycles. The summed E-state index contributed by atoms with van der Waals surface area (Å²) in [7, 11) is 0. The standard InChI is InChI=1S/C18H22.C12H18.3C2H6/c1-13(2)15-9-5-7-11-17(15)18-12-8-6-10-16(18)14(3)4;1-9(2)11-7-5-6-8-12(11)10(3)4;3*1-2/h5-14H,1-4H3;5-10H,1-4H3;3*1-2H3. The van der Waals surface area contributed by atoms with Gasteiger partial charge in [0.2, 0.25) is 0 Å². The minimum absolute atomic E-state index is 0.557. The van der Waals surface area contributed by atoms with Crippen molar-refractivity contribution in [3.8, 4) is 11.1 Å². The first-order valence-corrected chi connectivity index (χ1v) is 14.5. The highest BCUT2D eigenvalue weighted by atomic mass is 14.2. The van der Waals surface area contributed by atoms with E-state index in [9.17, 15) is 0 Å². The molecule has 0 saturated carbocycles. The second-order valence-electron chi connectivity index (χ2n) is 9.42. The van der Waals surface area contributed by atoms with Crippen molar-refractivity contribution in [3.63, 3.8) is 0 Å². The van der Waals surface area contributed by atoms with Crippen LogP contribution in [0.1, 0.15) is 143 Å². The van der Waals surface area contributed by atoms with Crippen molar-refractivity contribution in [2.24, 2.45) is 0 Å². The van der Waals surface area contributed by atoms with Crippen LogP contribution in [-0.4, -0.2) is 0 Å². The van der Waals surface area contributed by atoms with E-state index < -0.39 is 0 Å². The fraction of sp³-hybridized carbons (Fsp3) is 0.500. The van der Waals surface area contributed by atoms with Gasteiger partial charge in [-0.25, -0.2) is 0 Å². The Morgan fingerprint density at radius 2 is 0.500 bits per heavy atom. The van der Waals surface area contributed by atoms with E-state index in [-0.39, 0.29) is 0 Å². The van der Waals surface area contributed by atoms with Gasteiger partial charge in [0.25, 0.3) is 0 Å². The molecule has 0 heteroatoms. The Labute approximate surface area is 226 Å². The van der Waals surface area contributed by atoms with Crippen LogP contribution in [0.2, 0.25) is 0 Å². The molecule has 0 amide bonds. The number of hydrogen-bond donors (Lipinski definition) is 0. The van der Waals surface area contributed by atoms with Crippen LogP contribution in [0.3, 0.4) is 0 Å². The third-order valence-electron chi connectivity index (χ3n) is 5.70. The van der Waals surface area contributed by atoms with Gasteiger partial charge in [-0.05, 0) is 57.1 Å². The van der Waals surface area contributed by atoms with Gasteiger partial charge in [0.1, 0.15) is 0 Å². The zero-order valence-electron chi connectivity index (χ0n) is 26.2. The van der Waals surface area contributed by atoms with E-state index >= 15 is 0 Å². The average Bonchev–Trinajstić information content (AvgIpc) is 2.92. The average molecular weight is 491 g/mol. The molecule has 0 unspecified atom stereocenters. The lowest BCUT2D eigenvalue weighted by atomic mass is 9.87. The Hall–Kier alpha value is -2.34. The van der Waals surface area contributed by atoms with Gasteiger partial charge < -0.3 is 0 Å². The zero-order valence-corrected chi connectivity index (χ0v) is 26.2. The summed E-state index contributed by atoms with van der Waals surface area (Å²) in [6.07, 6.45) is 0. The summed E-state index contributed by atoms with van der Waals surface area (Å²) in [4.78, 5) is 0. The molecule has 0 aliphatic rings. The van der Waals surface area contributed by atoms with Gasteiger partial charge >= 0.3 is 0 Å². The lowest BCUT2D eigenvalue weighted by Crippen LogP contribution is -1.97. The largest absolute Gasteiger partial charge is 0.0683 e. The van der Waals surface area contributed by atoms with Crippen molar-refractivity contribution < 1.29 is 0 Å². The Balaban J connectivity index is 0. The number of rotatable bonds is 5. The Morgan fingerprint density at radius 1 is 0.306 bits per heavy atom. The normalized spacial score (nSPS) is 9.83. The molecule has 3 aromatic rings. The van der Waals surface area contributed by atoms with Crippen LogP contribution >= 0.6 is 0 Å². The van der Waals surface area contributed by atoms with Gasteiger partial charge in [-0.15, -0.1) is 0 Å². The molecule has 0 nitrogen and oxygen atoms in total. The second kappa shape index (κ2) is 20.8. The van der Waals surface area contributed by atoms with Crippen molar-refractivity contribution in [2.45, 2.75) is 121 Å². The van der Waals surface area contributed by atoms with Crippen molar-refractivity contribution in [3.05, 3.63) is 95.1 Å². The zero-order chi connectivity index (χ0) is 28.3. The van der Waals surface area contributed by atoms with E-state index in [2.05, 4.69) is 128 Å². The van der Waals surface area contributed by atoms with Gasteiger partial charge in [0.15, 0.2) is 0 Å². The van der Waals surface area contributed by atoms with E-state index in [0.29, 0.717) is 23.7 Å². The van der Waals surface area contributed by atoms with Crippen LogP contribution in [0, 0.1) is 0 Å². The van der Waals surface area contributed by atoms with Crippen LogP contribution < -0.4 is 0 Å². The number of hydrogen-bond acceptors (Lipinski definition) is 0. The van der Waals surface area contributed by atoms with Crippen LogP contribution in [0.5, 0.6) is 0 Å². The molecule has 0 fully saturated rings. The first-order chi connectivity index (χ1) is 17.2. The fourth-order valence-electron chi connectivity index (χ4n) is 4.05. The van der Waals surface area contributed by atoms with E-state index in [0.717, 1.165) is 0 Å². The van der Waals surface area contributed by atoms with E-state index in [1.54, 1.807) is 0 Å². The van der Waals surface area contributed by atoms with Gasteiger partial charge in [-0.3, -0.25) is 0 Å². The van der Waals surface area contributed by atoms with Gasteiger partial charge in [0.05, 0.1) is 0 Å². The summed E-state index contributed by atoms with van der Waals surface area (Å²) >= 11 is 0. The summed E-state index contributed by atoms with van der Waals surface area (Å²) in [5, 5.41) is 0. The highest BCUT2D eigenvalue weighted by Gasteiger charge is 2.12. The van der Waals surface area contributed by atoms with Crippen LogP contribution in [0.4, 0.5) is 0 Å². The minimum atomic E-state index is 0.557. The van der Waals surface area contributed by atoms with Gasteiger partial charge in [0, 0.05) is 0 Å². The van der Waals surface area contributed by atoms with Gasteiger partial charge in [-0.1, -0.05) is 170 Å². The third kappa shape index (κ3) is 11.6. The fourth-order valence-corrected chi connectivity index (χ4v) is 4.05. The molecule has 202 valence electrons. The molecule has 3 rings (SSSR count). The molecule has 0 atom stereocenters. The van der Waals surface area contributed by atoms with Crippen molar-refractivity contribution in [2.75, 3.05) is 0 Å². The molecule has 3 aromatic carbocycles. The molecule has 36 heavy (non-hydrogen) atoms. The predicted molar refractivity (Wildman–Crippen MR) is 169 cm³/mol. The molecule has 0 saturated heterocycles. The summed E-state index contributed by atoms with van der Waals surface area (Å²) in [5.74, 6) is 2.40. The van der Waals surface area contributed by atoms with Crippen LogP contribution in [-0.2, 0) is 0 Å². The van der Waals surface area contributed by atoms with E-state index in [1.165, 1.54) is 33.4 Å². The first-order valence-electron chi connectivity index (χ1n) is 14.5. The molecule has 0 heterocycles. The molecular weight excluding hydrogens is 432 g/mol. The Kier molecular flexibility index (Phi) is 20.7. The second-order valence-corrected chi connectivity index (χ2v) is 9.42. The molecule has 0 spiro atoms. The molecule has 0 aliphatic carbocycles. The van der Waals surface area contributed by atoms with Crippen LogP contribution in [0.15, 0.2) is 72.8 Å². The molecular formula is C36H58. The minimum Gasteiger partial charge on any atom is -0.0683 e. The lowest BCUT2D eigenvalue weighted by Gasteiger charge is -2.17. The van der Waals surface area contributed by atoms with Crippen molar-refractivity contribution >= 4 is 0 Å². The smallest absolute Gasteiger partial charge is 0.0146 e. The van der Waals surface area contributed by atoms with E-state index in [4.69, 9.17) is 0 Å². The monoisotopic (exact) mass is 490 g/mol. The van der Waals surface area contributed by atoms with Crippen molar-refractivity contribution in [1.29, 1.82) is 0 Å². The van der Waals surface area contributed by atoms with E-state index in [1.807, 2.05) is 41.5 Å². The van der Waals surface area contributed by atoms with Crippen molar-refractivity contribution in [1.82, 2.24) is 0 Å². The highest BCUT2D eigenvalue weighted by Crippen LogP contribution is 2.34. The predicted octanol–water partition coefficient (Wildman–Crippen LogP) is 12.6. The maximum atomic E-state index is 2.26. The summed E-state index contributed by atoms with van der Waals surface area (Å²) < 4.78 is 0. The summed E-state index contributed by atoms with van der Waals surface area (Å²) in [6.45, 7) is 30.0. The highest BCUT2D eigenvalue weighted by molar-refractivity contribution is 5.71. The third-order valence-corrected chi connectivity index (χ3v) is 5.70. The summed E-state index contributed by atoms with van der Waals surface area (Å²) in [5.41, 5.74) is 8.63. The summed E-state index contributed by atoms with van der Waals surface area (Å²) in [6, 6.07) is 26.3. The molecule has 0 radical (unpaired) electrons. The lowest BCUT2D eigenvalue weighted by molar-refractivity contribution is 0.790. The SMILES string of the molecule is CC.CC.CC.CC(C)c1ccccc1-c1ccccc1C(C)C.CC(C)c1ccccc1C(C)C. The topological polar surface area (TPSA) is 0 Å². The maximum absolute atomic E-state index is 2.26. The molecule has 0 bridgehead atoms. The Morgan fingerprint density at radius 3 is 0.722 bits per heavy atom. The maximum Gasteiger partial charge on any atom is -0.0146 e. The van der Waals surface area contributed by atoms with Crippen LogP contribution in [0.25, 0.3) is 11.1 Å². The first kappa shape index (κ1) is 35.8. The van der Waals surface area contributed by atoms with Gasteiger partial charge in [-0.2, -0.15) is 0 Å². The molecule has 0 aliphatic heterocycles. The Bertz CT molecular complexity index is 836. The quantitative estimate of drug-likeness (QED) is 0.333. The number of benzene rings is 3.